The Morgan fingerprint density at radius 2 is 2.14 bits per heavy atom. The molecule has 3 nitrogen and oxygen atoms in total. The second-order valence-electron chi connectivity index (χ2n) is 3.26. The van der Waals surface area contributed by atoms with Crippen molar-refractivity contribution in [3.63, 3.8) is 0 Å². The van der Waals surface area contributed by atoms with Crippen molar-refractivity contribution >= 4 is 17.7 Å². The lowest BCUT2D eigenvalue weighted by molar-refractivity contribution is -0.146. The standard InChI is InChI=1S/C10H17NO2S/c1-8(2)13-10(12)9(3)14-7-5-4-6-11/h8-9H,4-5,7H2,1-3H3. The first-order chi connectivity index (χ1) is 6.57. The molecule has 1 atom stereocenters. The first-order valence-electron chi connectivity index (χ1n) is 4.77. The molecular formula is C10H17NO2S. The normalized spacial score (nSPS) is 12.2. The van der Waals surface area contributed by atoms with Gasteiger partial charge in [-0.1, -0.05) is 0 Å². The van der Waals surface area contributed by atoms with Crippen molar-refractivity contribution in [2.24, 2.45) is 0 Å². The molecule has 1 unspecified atom stereocenters. The zero-order valence-electron chi connectivity index (χ0n) is 8.95. The molecule has 0 aromatic rings. The number of unbranched alkanes of at least 4 members (excludes halogenated alkanes) is 1. The van der Waals surface area contributed by atoms with E-state index in [1.54, 1.807) is 11.8 Å². The van der Waals surface area contributed by atoms with Crippen LogP contribution >= 0.6 is 11.8 Å². The average molecular weight is 215 g/mol. The van der Waals surface area contributed by atoms with Crippen molar-refractivity contribution in [3.05, 3.63) is 0 Å². The summed E-state index contributed by atoms with van der Waals surface area (Å²) in [5.41, 5.74) is 0. The predicted octanol–water partition coefficient (Wildman–Crippen LogP) is 2.36. The van der Waals surface area contributed by atoms with Crippen LogP contribution in [0.4, 0.5) is 0 Å². The van der Waals surface area contributed by atoms with Crippen LogP contribution in [0.2, 0.25) is 0 Å². The van der Waals surface area contributed by atoms with E-state index in [0.717, 1.165) is 12.2 Å². The zero-order chi connectivity index (χ0) is 11.0. The molecule has 0 bridgehead atoms. The molecule has 0 amide bonds. The monoisotopic (exact) mass is 215 g/mol. The van der Waals surface area contributed by atoms with Crippen molar-refractivity contribution < 1.29 is 9.53 Å². The molecule has 0 rings (SSSR count). The Morgan fingerprint density at radius 1 is 1.50 bits per heavy atom. The van der Waals surface area contributed by atoms with Crippen LogP contribution in [0.5, 0.6) is 0 Å². The molecule has 0 spiro atoms. The first kappa shape index (κ1) is 13.3. The van der Waals surface area contributed by atoms with E-state index in [1.165, 1.54) is 0 Å². The molecule has 0 aliphatic carbocycles. The summed E-state index contributed by atoms with van der Waals surface area (Å²) in [7, 11) is 0. The van der Waals surface area contributed by atoms with E-state index in [-0.39, 0.29) is 17.3 Å². The number of esters is 1. The van der Waals surface area contributed by atoms with Gasteiger partial charge in [0.1, 0.15) is 0 Å². The molecule has 0 aliphatic heterocycles. The highest BCUT2D eigenvalue weighted by Crippen LogP contribution is 2.14. The van der Waals surface area contributed by atoms with E-state index in [4.69, 9.17) is 10.00 Å². The number of nitriles is 1. The Morgan fingerprint density at radius 3 is 2.64 bits per heavy atom. The molecule has 0 saturated heterocycles. The van der Waals surface area contributed by atoms with Gasteiger partial charge in [-0.3, -0.25) is 4.79 Å². The molecule has 0 N–H and O–H groups in total. The topological polar surface area (TPSA) is 50.1 Å². The maximum absolute atomic E-state index is 11.3. The fraction of sp³-hybridized carbons (Fsp3) is 0.800. The number of ether oxygens (including phenoxy) is 1. The summed E-state index contributed by atoms with van der Waals surface area (Å²) in [6, 6.07) is 2.07. The number of hydrogen-bond donors (Lipinski definition) is 0. The lowest BCUT2D eigenvalue weighted by atomic mass is 10.4. The van der Waals surface area contributed by atoms with Gasteiger partial charge in [0.2, 0.25) is 0 Å². The Labute approximate surface area is 89.8 Å². The van der Waals surface area contributed by atoms with Crippen molar-refractivity contribution in [2.45, 2.75) is 45.0 Å². The number of carbonyl (C=O) groups excluding carboxylic acids is 1. The summed E-state index contributed by atoms with van der Waals surface area (Å²) in [5.74, 6) is 0.670. The molecule has 0 radical (unpaired) electrons. The minimum Gasteiger partial charge on any atom is -0.462 e. The Bertz CT molecular complexity index is 211. The number of nitrogens with zero attached hydrogens (tertiary/aromatic N) is 1. The highest BCUT2D eigenvalue weighted by atomic mass is 32.2. The molecule has 0 aromatic heterocycles. The molecule has 0 aliphatic rings. The highest BCUT2D eigenvalue weighted by Gasteiger charge is 2.15. The van der Waals surface area contributed by atoms with E-state index in [0.29, 0.717) is 6.42 Å². The van der Waals surface area contributed by atoms with Crippen LogP contribution in [-0.4, -0.2) is 23.1 Å². The number of thioether (sulfide) groups is 1. The van der Waals surface area contributed by atoms with Crippen molar-refractivity contribution in [1.29, 1.82) is 5.26 Å². The third kappa shape index (κ3) is 6.79. The second kappa shape index (κ2) is 7.69. The maximum atomic E-state index is 11.3. The third-order valence-corrected chi connectivity index (χ3v) is 2.70. The van der Waals surface area contributed by atoms with E-state index in [1.807, 2.05) is 20.8 Å². The molecule has 80 valence electrons. The quantitative estimate of drug-likeness (QED) is 0.504. The van der Waals surface area contributed by atoms with Gasteiger partial charge in [-0.15, -0.1) is 11.8 Å². The van der Waals surface area contributed by atoms with Gasteiger partial charge in [-0.25, -0.2) is 0 Å². The van der Waals surface area contributed by atoms with Crippen LogP contribution in [0.25, 0.3) is 0 Å². The lowest BCUT2D eigenvalue weighted by Crippen LogP contribution is -2.21. The average Bonchev–Trinajstić information content (AvgIpc) is 2.11. The lowest BCUT2D eigenvalue weighted by Gasteiger charge is -2.12. The summed E-state index contributed by atoms with van der Waals surface area (Å²) in [6.45, 7) is 5.51. The third-order valence-electron chi connectivity index (χ3n) is 1.48. The van der Waals surface area contributed by atoms with Gasteiger partial charge in [0.05, 0.1) is 17.4 Å². The van der Waals surface area contributed by atoms with Crippen molar-refractivity contribution in [2.75, 3.05) is 5.75 Å². The van der Waals surface area contributed by atoms with Crippen LogP contribution in [0.3, 0.4) is 0 Å². The maximum Gasteiger partial charge on any atom is 0.319 e. The number of carbonyl (C=O) groups is 1. The molecule has 0 heterocycles. The smallest absolute Gasteiger partial charge is 0.319 e. The van der Waals surface area contributed by atoms with E-state index < -0.39 is 0 Å². The fourth-order valence-corrected chi connectivity index (χ4v) is 1.66. The summed E-state index contributed by atoms with van der Waals surface area (Å²) >= 11 is 1.54. The van der Waals surface area contributed by atoms with Crippen LogP contribution < -0.4 is 0 Å². The van der Waals surface area contributed by atoms with Gasteiger partial charge in [-0.05, 0) is 32.9 Å². The molecule has 4 heteroatoms. The minimum absolute atomic E-state index is 0.0512. The minimum atomic E-state index is -0.165. The van der Waals surface area contributed by atoms with E-state index in [2.05, 4.69) is 6.07 Å². The first-order valence-corrected chi connectivity index (χ1v) is 5.81. The number of hydrogen-bond acceptors (Lipinski definition) is 4. The summed E-state index contributed by atoms with van der Waals surface area (Å²) in [4.78, 5) is 11.3. The SMILES string of the molecule is CC(C)OC(=O)C(C)SCCCC#N. The van der Waals surface area contributed by atoms with Crippen LogP contribution in [0.1, 0.15) is 33.6 Å². The largest absolute Gasteiger partial charge is 0.462 e. The molecule has 0 saturated carbocycles. The van der Waals surface area contributed by atoms with Gasteiger partial charge < -0.3 is 4.74 Å². The fourth-order valence-electron chi connectivity index (χ4n) is 0.808. The molecular weight excluding hydrogens is 198 g/mol. The van der Waals surface area contributed by atoms with Crippen LogP contribution in [-0.2, 0) is 9.53 Å². The molecule has 14 heavy (non-hydrogen) atoms. The Balaban J connectivity index is 3.58. The second-order valence-corrected chi connectivity index (χ2v) is 4.71. The van der Waals surface area contributed by atoms with Gasteiger partial charge >= 0.3 is 5.97 Å². The zero-order valence-corrected chi connectivity index (χ0v) is 9.76. The van der Waals surface area contributed by atoms with Crippen LogP contribution in [0, 0.1) is 11.3 Å². The van der Waals surface area contributed by atoms with Gasteiger partial charge in [-0.2, -0.15) is 5.26 Å². The van der Waals surface area contributed by atoms with Gasteiger partial charge in [0.15, 0.2) is 0 Å². The Hall–Kier alpha value is -0.690. The number of rotatable bonds is 6. The van der Waals surface area contributed by atoms with Crippen LogP contribution in [0.15, 0.2) is 0 Å². The van der Waals surface area contributed by atoms with E-state index in [9.17, 15) is 4.79 Å². The van der Waals surface area contributed by atoms with Gasteiger partial charge in [0, 0.05) is 6.42 Å². The Kier molecular flexibility index (Phi) is 7.31. The van der Waals surface area contributed by atoms with E-state index >= 15 is 0 Å². The predicted molar refractivity (Wildman–Crippen MR) is 58.0 cm³/mol. The van der Waals surface area contributed by atoms with Crippen molar-refractivity contribution in [1.82, 2.24) is 0 Å². The van der Waals surface area contributed by atoms with Gasteiger partial charge in [0.25, 0.3) is 0 Å². The summed E-state index contributed by atoms with van der Waals surface area (Å²) < 4.78 is 5.04. The molecule has 0 fully saturated rings. The summed E-state index contributed by atoms with van der Waals surface area (Å²) in [5, 5.41) is 8.18. The molecule has 0 aromatic carbocycles. The highest BCUT2D eigenvalue weighted by molar-refractivity contribution is 8.00. The summed E-state index contributed by atoms with van der Waals surface area (Å²) in [6.07, 6.45) is 1.34. The van der Waals surface area contributed by atoms with Crippen molar-refractivity contribution in [3.8, 4) is 6.07 Å².